The summed E-state index contributed by atoms with van der Waals surface area (Å²) < 4.78 is 27.7. The molecule has 0 fully saturated rings. The zero-order valence-electron chi connectivity index (χ0n) is 15.1. The van der Waals surface area contributed by atoms with Crippen LogP contribution in [0.15, 0.2) is 52.2 Å². The van der Waals surface area contributed by atoms with Crippen LogP contribution in [0.4, 0.5) is 0 Å². The predicted molar refractivity (Wildman–Crippen MR) is 104 cm³/mol. The van der Waals surface area contributed by atoms with Gasteiger partial charge in [-0.15, -0.1) is 0 Å². The van der Waals surface area contributed by atoms with E-state index in [1.54, 1.807) is 19.1 Å². The molecular weight excluding hydrogens is 348 g/mol. The molecule has 3 rings (SSSR count). The van der Waals surface area contributed by atoms with E-state index in [9.17, 15) is 13.2 Å². The number of aryl methyl sites for hydroxylation is 3. The average molecular weight is 370 g/mol. The molecule has 6 heteroatoms. The summed E-state index contributed by atoms with van der Waals surface area (Å²) in [4.78, 5) is 15.3. The van der Waals surface area contributed by atoms with Crippen LogP contribution in [0.5, 0.6) is 0 Å². The molecule has 3 aromatic rings. The van der Waals surface area contributed by atoms with Crippen LogP contribution in [0, 0.1) is 20.8 Å². The van der Waals surface area contributed by atoms with Gasteiger partial charge in [-0.3, -0.25) is 4.79 Å². The number of sulfonamides is 1. The maximum atomic E-state index is 12.5. The number of aromatic amines is 1. The molecule has 0 saturated heterocycles. The lowest BCUT2D eigenvalue weighted by molar-refractivity contribution is 0.581. The second-order valence-corrected chi connectivity index (χ2v) is 8.37. The van der Waals surface area contributed by atoms with Gasteiger partial charge in [0.2, 0.25) is 10.0 Å². The van der Waals surface area contributed by atoms with Gasteiger partial charge in [0.25, 0.3) is 5.56 Å². The van der Waals surface area contributed by atoms with Crippen LogP contribution in [0.1, 0.15) is 22.3 Å². The van der Waals surface area contributed by atoms with Crippen molar-refractivity contribution < 1.29 is 8.42 Å². The van der Waals surface area contributed by atoms with Gasteiger partial charge in [0.1, 0.15) is 0 Å². The first-order chi connectivity index (χ1) is 12.3. The Kier molecular flexibility index (Phi) is 4.98. The Bertz CT molecular complexity index is 1130. The van der Waals surface area contributed by atoms with Crippen LogP contribution in [-0.2, 0) is 16.4 Å². The number of aromatic nitrogens is 1. The third-order valence-corrected chi connectivity index (χ3v) is 6.00. The highest BCUT2D eigenvalue weighted by Gasteiger charge is 2.16. The summed E-state index contributed by atoms with van der Waals surface area (Å²) >= 11 is 0. The van der Waals surface area contributed by atoms with Crippen molar-refractivity contribution in [2.24, 2.45) is 0 Å². The van der Waals surface area contributed by atoms with Crippen LogP contribution in [0.2, 0.25) is 0 Å². The van der Waals surface area contributed by atoms with E-state index in [-0.39, 0.29) is 17.0 Å². The molecule has 26 heavy (non-hydrogen) atoms. The van der Waals surface area contributed by atoms with E-state index in [1.807, 2.05) is 44.2 Å². The minimum atomic E-state index is -3.61. The van der Waals surface area contributed by atoms with Gasteiger partial charge in [0, 0.05) is 17.6 Å². The second kappa shape index (κ2) is 7.05. The molecule has 5 nitrogen and oxygen atoms in total. The number of fused-ring (bicyclic) bond motifs is 1. The van der Waals surface area contributed by atoms with Crippen LogP contribution < -0.4 is 10.3 Å². The van der Waals surface area contributed by atoms with Crippen molar-refractivity contribution in [3.05, 3.63) is 75.1 Å². The molecule has 0 unspecified atom stereocenters. The fourth-order valence-corrected chi connectivity index (χ4v) is 4.31. The summed E-state index contributed by atoms with van der Waals surface area (Å²) in [7, 11) is -3.61. The van der Waals surface area contributed by atoms with Crippen molar-refractivity contribution >= 4 is 20.9 Å². The first-order valence-corrected chi connectivity index (χ1v) is 9.94. The summed E-state index contributed by atoms with van der Waals surface area (Å²) in [5, 5.41) is 0.942. The van der Waals surface area contributed by atoms with Gasteiger partial charge in [0.15, 0.2) is 0 Å². The number of pyridine rings is 1. The van der Waals surface area contributed by atoms with Gasteiger partial charge >= 0.3 is 0 Å². The second-order valence-electron chi connectivity index (χ2n) is 6.63. The molecule has 0 saturated carbocycles. The van der Waals surface area contributed by atoms with E-state index < -0.39 is 10.0 Å². The van der Waals surface area contributed by atoms with Gasteiger partial charge in [-0.1, -0.05) is 23.8 Å². The number of benzene rings is 2. The largest absolute Gasteiger partial charge is 0.322 e. The monoisotopic (exact) mass is 370 g/mol. The van der Waals surface area contributed by atoms with Crippen molar-refractivity contribution in [3.8, 4) is 0 Å². The number of hydrogen-bond acceptors (Lipinski definition) is 3. The summed E-state index contributed by atoms with van der Waals surface area (Å²) in [6.45, 7) is 5.78. The van der Waals surface area contributed by atoms with E-state index in [2.05, 4.69) is 9.71 Å². The molecular formula is C20H22N2O3S. The number of H-pyrrole nitrogens is 1. The van der Waals surface area contributed by atoms with Crippen LogP contribution >= 0.6 is 0 Å². The van der Waals surface area contributed by atoms with Gasteiger partial charge in [-0.05, 0) is 68.0 Å². The van der Waals surface area contributed by atoms with Crippen LogP contribution in [0.3, 0.4) is 0 Å². The van der Waals surface area contributed by atoms with Gasteiger partial charge in [0.05, 0.1) is 4.90 Å². The molecule has 1 heterocycles. The average Bonchev–Trinajstić information content (AvgIpc) is 2.57. The predicted octanol–water partition coefficient (Wildman–Crippen LogP) is 2.97. The summed E-state index contributed by atoms with van der Waals surface area (Å²) in [6.07, 6.45) is 0.323. The van der Waals surface area contributed by atoms with E-state index in [4.69, 9.17) is 0 Å². The first-order valence-electron chi connectivity index (χ1n) is 8.46. The van der Waals surface area contributed by atoms with E-state index in [0.29, 0.717) is 17.5 Å². The Morgan fingerprint density at radius 3 is 2.42 bits per heavy atom. The number of rotatable bonds is 5. The number of hydrogen-bond donors (Lipinski definition) is 2. The first kappa shape index (κ1) is 18.4. The summed E-state index contributed by atoms with van der Waals surface area (Å²) in [5.74, 6) is 0. The highest BCUT2D eigenvalue weighted by atomic mass is 32.2. The fourth-order valence-electron chi connectivity index (χ4n) is 2.95. The highest BCUT2D eigenvalue weighted by Crippen LogP contribution is 2.17. The van der Waals surface area contributed by atoms with Crippen molar-refractivity contribution in [1.29, 1.82) is 0 Å². The summed E-state index contributed by atoms with van der Waals surface area (Å²) in [5.41, 5.74) is 3.84. The lowest BCUT2D eigenvalue weighted by Gasteiger charge is -2.10. The number of nitrogens with one attached hydrogen (secondary N) is 2. The lowest BCUT2D eigenvalue weighted by Crippen LogP contribution is -2.28. The third kappa shape index (κ3) is 3.86. The van der Waals surface area contributed by atoms with Crippen LogP contribution in [0.25, 0.3) is 10.9 Å². The quantitative estimate of drug-likeness (QED) is 0.725. The molecule has 0 bridgehead atoms. The molecule has 0 spiro atoms. The van der Waals surface area contributed by atoms with Crippen molar-refractivity contribution in [2.45, 2.75) is 32.1 Å². The minimum Gasteiger partial charge on any atom is -0.322 e. The Morgan fingerprint density at radius 1 is 0.962 bits per heavy atom. The van der Waals surface area contributed by atoms with Gasteiger partial charge in [-0.2, -0.15) is 0 Å². The molecule has 0 atom stereocenters. The van der Waals surface area contributed by atoms with Crippen LogP contribution in [-0.4, -0.2) is 19.9 Å². The minimum absolute atomic E-state index is 0.163. The Morgan fingerprint density at radius 2 is 1.65 bits per heavy atom. The summed E-state index contributed by atoms with van der Waals surface area (Å²) in [6, 6.07) is 13.0. The normalized spacial score (nSPS) is 11.8. The van der Waals surface area contributed by atoms with E-state index >= 15 is 0 Å². The maximum absolute atomic E-state index is 12.5. The molecule has 0 radical (unpaired) electrons. The van der Waals surface area contributed by atoms with E-state index in [1.165, 1.54) is 0 Å². The molecule has 136 valence electrons. The molecule has 0 aliphatic carbocycles. The van der Waals surface area contributed by atoms with Gasteiger partial charge < -0.3 is 4.98 Å². The SMILES string of the molecule is Cc1ccc(C)c(S(=O)(=O)NCCc2cc3cc(C)ccc3[nH]c2=O)c1. The Hall–Kier alpha value is -2.44. The zero-order chi connectivity index (χ0) is 18.9. The van der Waals surface area contributed by atoms with Crippen molar-refractivity contribution in [1.82, 2.24) is 9.71 Å². The molecule has 0 amide bonds. The fraction of sp³-hybridized carbons (Fsp3) is 0.250. The lowest BCUT2D eigenvalue weighted by atomic mass is 10.1. The molecule has 0 aliphatic rings. The molecule has 1 aromatic heterocycles. The Balaban J connectivity index is 1.79. The zero-order valence-corrected chi connectivity index (χ0v) is 15.9. The maximum Gasteiger partial charge on any atom is 0.251 e. The highest BCUT2D eigenvalue weighted by molar-refractivity contribution is 7.89. The van der Waals surface area contributed by atoms with Crippen molar-refractivity contribution in [3.63, 3.8) is 0 Å². The third-order valence-electron chi connectivity index (χ3n) is 4.40. The van der Waals surface area contributed by atoms with Crippen molar-refractivity contribution in [2.75, 3.05) is 6.54 Å². The van der Waals surface area contributed by atoms with E-state index in [0.717, 1.165) is 22.0 Å². The Labute approximate surface area is 153 Å². The smallest absolute Gasteiger partial charge is 0.251 e. The standard InChI is InChI=1S/C20H22N2O3S/c1-13-5-7-18-17(10-13)12-16(20(23)22-18)8-9-21-26(24,25)19-11-14(2)4-6-15(19)3/h4-7,10-12,21H,8-9H2,1-3H3,(H,22,23). The molecule has 2 aromatic carbocycles. The molecule has 2 N–H and O–H groups in total. The molecule has 0 aliphatic heterocycles. The van der Waals surface area contributed by atoms with Gasteiger partial charge in [-0.25, -0.2) is 13.1 Å². The topological polar surface area (TPSA) is 79.0 Å².